The number of hydrogen-bond donors (Lipinski definition) is 1. The highest BCUT2D eigenvalue weighted by Crippen LogP contribution is 2.30. The van der Waals surface area contributed by atoms with E-state index in [2.05, 4.69) is 20.9 Å². The van der Waals surface area contributed by atoms with E-state index in [1.165, 1.54) is 11.3 Å². The summed E-state index contributed by atoms with van der Waals surface area (Å²) in [6, 6.07) is 3.66. The number of hydrogen-bond acceptors (Lipinski definition) is 4. The Balaban J connectivity index is 2.38. The second-order valence-corrected chi connectivity index (χ2v) is 4.91. The highest BCUT2D eigenvalue weighted by molar-refractivity contribution is 9.11. The Bertz CT molecular complexity index is 476. The van der Waals surface area contributed by atoms with Crippen LogP contribution in [0.5, 0.6) is 0 Å². The summed E-state index contributed by atoms with van der Waals surface area (Å²) in [4.78, 5) is 15.1. The Labute approximate surface area is 91.3 Å². The number of thiophene rings is 1. The van der Waals surface area contributed by atoms with E-state index in [0.29, 0.717) is 5.89 Å². The second-order valence-electron chi connectivity index (χ2n) is 2.45. The molecule has 0 aromatic carbocycles. The zero-order chi connectivity index (χ0) is 10.1. The molecule has 0 radical (unpaired) electrons. The van der Waals surface area contributed by atoms with Crippen LogP contribution in [0.4, 0.5) is 0 Å². The zero-order valence-corrected chi connectivity index (χ0v) is 9.13. The van der Waals surface area contributed by atoms with Gasteiger partial charge in [0.05, 0.1) is 8.66 Å². The number of halogens is 1. The normalized spacial score (nSPS) is 10.4. The Kier molecular flexibility index (Phi) is 2.39. The Morgan fingerprint density at radius 1 is 1.57 bits per heavy atom. The maximum Gasteiger partial charge on any atom is 0.357 e. The van der Waals surface area contributed by atoms with Gasteiger partial charge in [0.25, 0.3) is 0 Å². The van der Waals surface area contributed by atoms with Crippen LogP contribution in [-0.2, 0) is 0 Å². The molecule has 2 aromatic heterocycles. The molecule has 0 spiro atoms. The van der Waals surface area contributed by atoms with E-state index in [-0.39, 0.29) is 5.69 Å². The highest BCUT2D eigenvalue weighted by atomic mass is 79.9. The van der Waals surface area contributed by atoms with Crippen molar-refractivity contribution in [2.75, 3.05) is 0 Å². The van der Waals surface area contributed by atoms with Gasteiger partial charge >= 0.3 is 5.97 Å². The lowest BCUT2D eigenvalue weighted by Crippen LogP contribution is -1.95. The van der Waals surface area contributed by atoms with Gasteiger partial charge in [-0.05, 0) is 28.1 Å². The van der Waals surface area contributed by atoms with Crippen LogP contribution in [0.1, 0.15) is 10.5 Å². The predicted molar refractivity (Wildman–Crippen MR) is 54.5 cm³/mol. The van der Waals surface area contributed by atoms with Crippen molar-refractivity contribution in [2.45, 2.75) is 0 Å². The van der Waals surface area contributed by atoms with Gasteiger partial charge in [0, 0.05) is 0 Å². The van der Waals surface area contributed by atoms with E-state index >= 15 is 0 Å². The summed E-state index contributed by atoms with van der Waals surface area (Å²) in [6.45, 7) is 0. The lowest BCUT2D eigenvalue weighted by molar-refractivity contribution is 0.0690. The van der Waals surface area contributed by atoms with Gasteiger partial charge in [0.2, 0.25) is 5.89 Å². The van der Waals surface area contributed by atoms with Gasteiger partial charge in [-0.2, -0.15) is 0 Å². The minimum absolute atomic E-state index is 0.0791. The summed E-state index contributed by atoms with van der Waals surface area (Å²) in [5.41, 5.74) is -0.0791. The van der Waals surface area contributed by atoms with Crippen molar-refractivity contribution >= 4 is 33.2 Å². The molecular weight excluding hydrogens is 270 g/mol. The lowest BCUT2D eigenvalue weighted by Gasteiger charge is -1.84. The van der Waals surface area contributed by atoms with E-state index in [0.717, 1.165) is 14.9 Å². The topological polar surface area (TPSA) is 63.3 Å². The molecule has 14 heavy (non-hydrogen) atoms. The van der Waals surface area contributed by atoms with Crippen LogP contribution in [0, 0.1) is 0 Å². The molecule has 2 rings (SSSR count). The van der Waals surface area contributed by atoms with Crippen molar-refractivity contribution in [1.29, 1.82) is 0 Å². The van der Waals surface area contributed by atoms with Crippen LogP contribution in [0.3, 0.4) is 0 Å². The molecule has 1 N–H and O–H groups in total. The van der Waals surface area contributed by atoms with Crippen molar-refractivity contribution in [3.05, 3.63) is 27.9 Å². The fourth-order valence-electron chi connectivity index (χ4n) is 0.914. The summed E-state index contributed by atoms with van der Waals surface area (Å²) in [5, 5.41) is 8.62. The average molecular weight is 274 g/mol. The smallest absolute Gasteiger partial charge is 0.357 e. The summed E-state index contributed by atoms with van der Waals surface area (Å²) in [5.74, 6) is -0.756. The van der Waals surface area contributed by atoms with Crippen molar-refractivity contribution < 1.29 is 14.3 Å². The van der Waals surface area contributed by atoms with Gasteiger partial charge in [0.15, 0.2) is 5.69 Å². The quantitative estimate of drug-likeness (QED) is 0.914. The molecule has 2 aromatic rings. The number of nitrogens with zero attached hydrogens (tertiary/aromatic N) is 1. The van der Waals surface area contributed by atoms with E-state index in [9.17, 15) is 4.79 Å². The predicted octanol–water partition coefficient (Wildman–Crippen LogP) is 2.86. The molecule has 0 aliphatic rings. The van der Waals surface area contributed by atoms with Crippen molar-refractivity contribution in [1.82, 2.24) is 4.98 Å². The molecule has 0 fully saturated rings. The molecule has 0 aliphatic heterocycles. The first-order valence-corrected chi connectivity index (χ1v) is 5.22. The van der Waals surface area contributed by atoms with Gasteiger partial charge in [-0.15, -0.1) is 11.3 Å². The van der Waals surface area contributed by atoms with Gasteiger partial charge in [-0.3, -0.25) is 0 Å². The number of rotatable bonds is 2. The molecule has 72 valence electrons. The van der Waals surface area contributed by atoms with E-state index in [1.54, 1.807) is 0 Å². The minimum Gasteiger partial charge on any atom is -0.476 e. The summed E-state index contributed by atoms with van der Waals surface area (Å²) in [6.07, 6.45) is 1.13. The molecule has 0 aliphatic carbocycles. The summed E-state index contributed by atoms with van der Waals surface area (Å²) >= 11 is 4.73. The van der Waals surface area contributed by atoms with Crippen LogP contribution < -0.4 is 0 Å². The molecule has 0 saturated heterocycles. The number of aromatic nitrogens is 1. The van der Waals surface area contributed by atoms with Crippen LogP contribution in [0.15, 0.2) is 26.6 Å². The molecule has 0 saturated carbocycles. The molecule has 4 nitrogen and oxygen atoms in total. The van der Waals surface area contributed by atoms with Gasteiger partial charge in [-0.1, -0.05) is 0 Å². The maximum atomic E-state index is 10.5. The molecular formula is C8H4BrNO3S. The van der Waals surface area contributed by atoms with Crippen LogP contribution in [0.25, 0.3) is 10.8 Å². The SMILES string of the molecule is O=C(O)c1coc(-c2ccc(Br)s2)n1. The van der Waals surface area contributed by atoms with Crippen LogP contribution in [-0.4, -0.2) is 16.1 Å². The molecule has 0 bridgehead atoms. The van der Waals surface area contributed by atoms with E-state index in [4.69, 9.17) is 9.52 Å². The first kappa shape index (κ1) is 9.42. The lowest BCUT2D eigenvalue weighted by atomic mass is 10.4. The van der Waals surface area contributed by atoms with E-state index < -0.39 is 5.97 Å². The number of carbonyl (C=O) groups is 1. The second kappa shape index (κ2) is 3.55. The van der Waals surface area contributed by atoms with Crippen LogP contribution >= 0.6 is 27.3 Å². The molecule has 0 atom stereocenters. The number of carboxylic acid groups (broad SMARTS) is 1. The third-order valence-electron chi connectivity index (χ3n) is 1.51. The Morgan fingerprint density at radius 2 is 2.36 bits per heavy atom. The van der Waals surface area contributed by atoms with E-state index in [1.807, 2.05) is 12.1 Å². The Morgan fingerprint density at radius 3 is 2.86 bits per heavy atom. The fourth-order valence-corrected chi connectivity index (χ4v) is 2.23. The van der Waals surface area contributed by atoms with Crippen molar-refractivity contribution in [3.63, 3.8) is 0 Å². The Hall–Kier alpha value is -1.14. The zero-order valence-electron chi connectivity index (χ0n) is 6.73. The third kappa shape index (κ3) is 1.71. The van der Waals surface area contributed by atoms with Gasteiger partial charge in [0.1, 0.15) is 6.26 Å². The number of aromatic carboxylic acids is 1. The summed E-state index contributed by atoms with van der Waals surface area (Å²) < 4.78 is 5.97. The molecule has 0 unspecified atom stereocenters. The van der Waals surface area contributed by atoms with Gasteiger partial charge < -0.3 is 9.52 Å². The number of oxazole rings is 1. The van der Waals surface area contributed by atoms with Crippen LogP contribution in [0.2, 0.25) is 0 Å². The molecule has 0 amide bonds. The fraction of sp³-hybridized carbons (Fsp3) is 0. The maximum absolute atomic E-state index is 10.5. The minimum atomic E-state index is -1.09. The van der Waals surface area contributed by atoms with Gasteiger partial charge in [-0.25, -0.2) is 9.78 Å². The average Bonchev–Trinajstić information content (AvgIpc) is 2.70. The largest absolute Gasteiger partial charge is 0.476 e. The molecule has 6 heteroatoms. The number of carboxylic acids is 1. The standard InChI is InChI=1S/C8H4BrNO3S/c9-6-2-1-5(14-6)7-10-4(3-13-7)8(11)12/h1-3H,(H,11,12). The highest BCUT2D eigenvalue weighted by Gasteiger charge is 2.12. The first-order valence-electron chi connectivity index (χ1n) is 3.61. The first-order chi connectivity index (χ1) is 6.66. The summed E-state index contributed by atoms with van der Waals surface area (Å²) in [7, 11) is 0. The molecule has 2 heterocycles. The van der Waals surface area contributed by atoms with Crippen molar-refractivity contribution in [2.24, 2.45) is 0 Å². The monoisotopic (exact) mass is 273 g/mol. The third-order valence-corrected chi connectivity index (χ3v) is 3.12. The van der Waals surface area contributed by atoms with Crippen molar-refractivity contribution in [3.8, 4) is 10.8 Å².